The van der Waals surface area contributed by atoms with Crippen LogP contribution in [0.3, 0.4) is 0 Å². The van der Waals surface area contributed by atoms with E-state index in [2.05, 4.69) is 0 Å². The molecule has 0 aromatic carbocycles. The molecule has 0 spiro atoms. The Bertz CT molecular complexity index is 180. The third kappa shape index (κ3) is 1.90. The third-order valence-corrected chi connectivity index (χ3v) is 2.41. The molecule has 0 saturated heterocycles. The van der Waals surface area contributed by atoms with Crippen LogP contribution < -0.4 is 5.73 Å². The lowest BCUT2D eigenvalue weighted by Crippen LogP contribution is -2.10. The molecule has 0 aromatic heterocycles. The van der Waals surface area contributed by atoms with E-state index in [0.717, 1.165) is 19.3 Å². The quantitative estimate of drug-likeness (QED) is 0.618. The molecule has 0 unspecified atom stereocenters. The van der Waals surface area contributed by atoms with Crippen LogP contribution in [-0.2, 0) is 4.79 Å². The van der Waals surface area contributed by atoms with Crippen molar-refractivity contribution in [1.82, 2.24) is 0 Å². The Kier molecular flexibility index (Phi) is 2.45. The fourth-order valence-corrected chi connectivity index (χ4v) is 1.26. The molecule has 2 heteroatoms. The average Bonchev–Trinajstić information content (AvgIpc) is 2.70. The van der Waals surface area contributed by atoms with Crippen molar-refractivity contribution in [2.45, 2.75) is 26.2 Å². The summed E-state index contributed by atoms with van der Waals surface area (Å²) in [6.07, 6.45) is 6.96. The number of hydrogen-bond acceptors (Lipinski definition) is 2. The van der Waals surface area contributed by atoms with Crippen LogP contribution in [0, 0.1) is 5.41 Å². The summed E-state index contributed by atoms with van der Waals surface area (Å²) in [5, 5.41) is 0. The first-order chi connectivity index (χ1) is 5.21. The lowest BCUT2D eigenvalue weighted by Gasteiger charge is -2.05. The van der Waals surface area contributed by atoms with E-state index in [1.807, 2.05) is 12.2 Å². The zero-order valence-electron chi connectivity index (χ0n) is 6.97. The molecule has 2 N–H and O–H groups in total. The Morgan fingerprint density at radius 3 is 2.55 bits per heavy atom. The van der Waals surface area contributed by atoms with Crippen LogP contribution in [0.5, 0.6) is 0 Å². The number of carbonyl (C=O) groups excluding carboxylic acids is 1. The zero-order chi connectivity index (χ0) is 8.32. The fourth-order valence-electron chi connectivity index (χ4n) is 1.26. The summed E-state index contributed by atoms with van der Waals surface area (Å²) in [7, 11) is 0. The second kappa shape index (κ2) is 3.18. The topological polar surface area (TPSA) is 43.1 Å². The molecule has 1 fully saturated rings. The highest BCUT2D eigenvalue weighted by Crippen LogP contribution is 2.49. The van der Waals surface area contributed by atoms with Gasteiger partial charge in [0, 0.05) is 12.0 Å². The van der Waals surface area contributed by atoms with E-state index in [1.165, 1.54) is 0 Å². The van der Waals surface area contributed by atoms with Gasteiger partial charge in [-0.05, 0) is 26.2 Å². The van der Waals surface area contributed by atoms with Crippen molar-refractivity contribution >= 4 is 5.78 Å². The first-order valence-corrected chi connectivity index (χ1v) is 4.07. The summed E-state index contributed by atoms with van der Waals surface area (Å²) in [5.74, 6) is 0.333. The smallest absolute Gasteiger partial charge is 0.136 e. The average molecular weight is 153 g/mol. The number of hydrogen-bond donors (Lipinski definition) is 1. The summed E-state index contributed by atoms with van der Waals surface area (Å²) in [6, 6.07) is 0. The predicted molar refractivity (Wildman–Crippen MR) is 45.2 cm³/mol. The van der Waals surface area contributed by atoms with E-state index in [-0.39, 0.29) is 5.41 Å². The van der Waals surface area contributed by atoms with Crippen LogP contribution in [0.1, 0.15) is 26.2 Å². The molecule has 62 valence electrons. The van der Waals surface area contributed by atoms with Crippen molar-refractivity contribution < 1.29 is 4.79 Å². The Morgan fingerprint density at radius 1 is 1.55 bits per heavy atom. The standard InChI is InChI=1S/C9H15NO/c1-8(11)9(5-6-9)4-2-3-7-10/h2-3H,4-7,10H2,1H3/b3-2+. The number of carbonyl (C=O) groups is 1. The molecule has 0 atom stereocenters. The van der Waals surface area contributed by atoms with Crippen molar-refractivity contribution in [2.75, 3.05) is 6.54 Å². The lowest BCUT2D eigenvalue weighted by molar-refractivity contribution is -0.121. The van der Waals surface area contributed by atoms with Gasteiger partial charge in [0.05, 0.1) is 0 Å². The summed E-state index contributed by atoms with van der Waals surface area (Å²) >= 11 is 0. The van der Waals surface area contributed by atoms with Gasteiger partial charge in [0.25, 0.3) is 0 Å². The maximum Gasteiger partial charge on any atom is 0.136 e. The number of rotatable bonds is 4. The second-order valence-corrected chi connectivity index (χ2v) is 3.25. The van der Waals surface area contributed by atoms with Gasteiger partial charge in [-0.25, -0.2) is 0 Å². The van der Waals surface area contributed by atoms with E-state index in [0.29, 0.717) is 12.3 Å². The minimum Gasteiger partial charge on any atom is -0.327 e. The van der Waals surface area contributed by atoms with Crippen molar-refractivity contribution in [3.63, 3.8) is 0 Å². The highest BCUT2D eigenvalue weighted by atomic mass is 16.1. The summed E-state index contributed by atoms with van der Waals surface area (Å²) in [6.45, 7) is 2.26. The van der Waals surface area contributed by atoms with E-state index < -0.39 is 0 Å². The van der Waals surface area contributed by atoms with Gasteiger partial charge in [-0.15, -0.1) is 0 Å². The predicted octanol–water partition coefficient (Wildman–Crippen LogP) is 1.26. The highest BCUT2D eigenvalue weighted by Gasteiger charge is 2.45. The molecule has 11 heavy (non-hydrogen) atoms. The van der Waals surface area contributed by atoms with Gasteiger partial charge in [-0.3, -0.25) is 4.79 Å². The molecule has 1 saturated carbocycles. The van der Waals surface area contributed by atoms with Crippen LogP contribution in [0.15, 0.2) is 12.2 Å². The van der Waals surface area contributed by atoms with Crippen molar-refractivity contribution in [3.8, 4) is 0 Å². The monoisotopic (exact) mass is 153 g/mol. The highest BCUT2D eigenvalue weighted by molar-refractivity contribution is 5.85. The van der Waals surface area contributed by atoms with Crippen LogP contribution >= 0.6 is 0 Å². The van der Waals surface area contributed by atoms with E-state index in [1.54, 1.807) is 6.92 Å². The third-order valence-electron chi connectivity index (χ3n) is 2.41. The van der Waals surface area contributed by atoms with E-state index in [9.17, 15) is 4.79 Å². The summed E-state index contributed by atoms with van der Waals surface area (Å²) < 4.78 is 0. The minimum atomic E-state index is 0.0195. The molecule has 0 radical (unpaired) electrons. The lowest BCUT2D eigenvalue weighted by atomic mass is 9.98. The second-order valence-electron chi connectivity index (χ2n) is 3.25. The number of ketones is 1. The van der Waals surface area contributed by atoms with Crippen LogP contribution in [0.2, 0.25) is 0 Å². The first kappa shape index (κ1) is 8.47. The Morgan fingerprint density at radius 2 is 2.18 bits per heavy atom. The first-order valence-electron chi connectivity index (χ1n) is 4.07. The molecule has 0 heterocycles. The maximum absolute atomic E-state index is 11.1. The zero-order valence-corrected chi connectivity index (χ0v) is 6.97. The SMILES string of the molecule is CC(=O)C1(C/C=C/CN)CC1. The van der Waals surface area contributed by atoms with Crippen molar-refractivity contribution in [3.05, 3.63) is 12.2 Å². The van der Waals surface area contributed by atoms with E-state index >= 15 is 0 Å². The fraction of sp³-hybridized carbons (Fsp3) is 0.667. The van der Waals surface area contributed by atoms with Crippen LogP contribution in [0.4, 0.5) is 0 Å². The summed E-state index contributed by atoms with van der Waals surface area (Å²) in [5.41, 5.74) is 5.30. The molecule has 0 amide bonds. The largest absolute Gasteiger partial charge is 0.327 e. The molecule has 2 nitrogen and oxygen atoms in total. The van der Waals surface area contributed by atoms with Gasteiger partial charge in [-0.1, -0.05) is 12.2 Å². The van der Waals surface area contributed by atoms with Gasteiger partial charge in [0.15, 0.2) is 0 Å². The Labute approximate surface area is 67.5 Å². The normalized spacial score (nSPS) is 20.5. The molecular weight excluding hydrogens is 138 g/mol. The molecule has 1 aliphatic rings. The molecule has 0 bridgehead atoms. The molecule has 1 aliphatic carbocycles. The van der Waals surface area contributed by atoms with E-state index in [4.69, 9.17) is 5.73 Å². The minimum absolute atomic E-state index is 0.0195. The van der Waals surface area contributed by atoms with Crippen molar-refractivity contribution in [1.29, 1.82) is 0 Å². The van der Waals surface area contributed by atoms with Crippen molar-refractivity contribution in [2.24, 2.45) is 11.1 Å². The van der Waals surface area contributed by atoms with Gasteiger partial charge in [-0.2, -0.15) is 0 Å². The van der Waals surface area contributed by atoms with Gasteiger partial charge < -0.3 is 5.73 Å². The van der Waals surface area contributed by atoms with Gasteiger partial charge >= 0.3 is 0 Å². The van der Waals surface area contributed by atoms with Crippen LogP contribution in [-0.4, -0.2) is 12.3 Å². The maximum atomic E-state index is 11.1. The molecule has 0 aliphatic heterocycles. The molecule has 1 rings (SSSR count). The molecular formula is C9H15NO. The summed E-state index contributed by atoms with van der Waals surface area (Å²) in [4.78, 5) is 11.1. The van der Waals surface area contributed by atoms with Crippen LogP contribution in [0.25, 0.3) is 0 Å². The van der Waals surface area contributed by atoms with Gasteiger partial charge in [0.2, 0.25) is 0 Å². The molecule has 0 aromatic rings. The number of allylic oxidation sites excluding steroid dienone is 1. The number of nitrogens with two attached hydrogens (primary N) is 1. The Hall–Kier alpha value is -0.630. The van der Waals surface area contributed by atoms with Gasteiger partial charge in [0.1, 0.15) is 5.78 Å². The number of Topliss-reactive ketones (excluding diaryl/α,β-unsaturated/α-hetero) is 1. The Balaban J connectivity index is 2.36.